The van der Waals surface area contributed by atoms with Crippen molar-refractivity contribution in [1.82, 2.24) is 10.2 Å². The zero-order valence-electron chi connectivity index (χ0n) is 11.6. The molecule has 1 aromatic carbocycles. The Balaban J connectivity index is 1.98. The van der Waals surface area contributed by atoms with Crippen molar-refractivity contribution in [1.29, 1.82) is 0 Å². The highest BCUT2D eigenvalue weighted by molar-refractivity contribution is 5.29. The van der Waals surface area contributed by atoms with Gasteiger partial charge in [0.2, 0.25) is 0 Å². The van der Waals surface area contributed by atoms with Gasteiger partial charge in [0.15, 0.2) is 0 Å². The van der Waals surface area contributed by atoms with Crippen LogP contribution in [0.15, 0.2) is 24.3 Å². The van der Waals surface area contributed by atoms with Crippen LogP contribution in [0.1, 0.15) is 25.5 Å². The van der Waals surface area contributed by atoms with E-state index < -0.39 is 0 Å². The molecule has 100 valence electrons. The zero-order valence-corrected chi connectivity index (χ0v) is 11.6. The number of nitrogens with zero attached hydrogens (tertiary/aromatic N) is 1. The van der Waals surface area contributed by atoms with Crippen LogP contribution in [0.5, 0.6) is 5.75 Å². The van der Waals surface area contributed by atoms with Crippen molar-refractivity contribution in [2.45, 2.75) is 19.9 Å². The second-order valence-corrected chi connectivity index (χ2v) is 5.47. The van der Waals surface area contributed by atoms with E-state index in [1.807, 2.05) is 0 Å². The average Bonchev–Trinajstić information content (AvgIpc) is 2.38. The highest BCUT2D eigenvalue weighted by atomic mass is 16.5. The summed E-state index contributed by atoms with van der Waals surface area (Å²) in [6.45, 7) is 8.33. The fraction of sp³-hybridized carbons (Fsp3) is 0.600. The summed E-state index contributed by atoms with van der Waals surface area (Å²) in [5, 5.41) is 3.45. The van der Waals surface area contributed by atoms with E-state index in [4.69, 9.17) is 4.74 Å². The Morgan fingerprint density at radius 3 is 2.67 bits per heavy atom. The molecule has 1 aromatic rings. The van der Waals surface area contributed by atoms with Crippen molar-refractivity contribution in [2.75, 3.05) is 33.3 Å². The summed E-state index contributed by atoms with van der Waals surface area (Å²) in [6.07, 6.45) is 0. The molecule has 18 heavy (non-hydrogen) atoms. The van der Waals surface area contributed by atoms with E-state index in [-0.39, 0.29) is 0 Å². The number of piperazine rings is 1. The molecule has 3 nitrogen and oxygen atoms in total. The van der Waals surface area contributed by atoms with Gasteiger partial charge in [-0.1, -0.05) is 26.0 Å². The third-order valence-electron chi connectivity index (χ3n) is 3.36. The fourth-order valence-corrected chi connectivity index (χ4v) is 2.23. The van der Waals surface area contributed by atoms with Gasteiger partial charge in [-0.2, -0.15) is 0 Å². The van der Waals surface area contributed by atoms with Gasteiger partial charge >= 0.3 is 0 Å². The summed E-state index contributed by atoms with van der Waals surface area (Å²) in [7, 11) is 2.19. The van der Waals surface area contributed by atoms with E-state index in [2.05, 4.69) is 55.4 Å². The van der Waals surface area contributed by atoms with Crippen molar-refractivity contribution >= 4 is 0 Å². The Bertz CT molecular complexity index is 361. The summed E-state index contributed by atoms with van der Waals surface area (Å²) in [5.74, 6) is 1.54. The summed E-state index contributed by atoms with van der Waals surface area (Å²) < 4.78 is 5.71. The molecular formula is C15H24N2O. The minimum Gasteiger partial charge on any atom is -0.493 e. The van der Waals surface area contributed by atoms with Crippen LogP contribution >= 0.6 is 0 Å². The third-order valence-corrected chi connectivity index (χ3v) is 3.36. The van der Waals surface area contributed by atoms with Gasteiger partial charge in [-0.05, 0) is 30.7 Å². The molecule has 1 saturated heterocycles. The molecule has 0 saturated carbocycles. The number of hydrogen-bond acceptors (Lipinski definition) is 3. The van der Waals surface area contributed by atoms with E-state index in [1.54, 1.807) is 0 Å². The molecule has 3 heteroatoms. The van der Waals surface area contributed by atoms with Gasteiger partial charge in [-0.25, -0.2) is 0 Å². The normalized spacial score (nSPS) is 21.2. The SMILES string of the molecule is CC(C)COc1ccc(C2CNCCN2C)cc1. The molecule has 1 aliphatic rings. The summed E-state index contributed by atoms with van der Waals surface area (Å²) >= 11 is 0. The molecule has 1 aliphatic heterocycles. The molecular weight excluding hydrogens is 224 g/mol. The maximum Gasteiger partial charge on any atom is 0.119 e. The van der Waals surface area contributed by atoms with E-state index in [1.165, 1.54) is 5.56 Å². The van der Waals surface area contributed by atoms with Crippen molar-refractivity contribution in [3.05, 3.63) is 29.8 Å². The molecule has 1 unspecified atom stereocenters. The van der Waals surface area contributed by atoms with Crippen LogP contribution < -0.4 is 10.1 Å². The van der Waals surface area contributed by atoms with Gasteiger partial charge in [0, 0.05) is 25.7 Å². The van der Waals surface area contributed by atoms with Crippen LogP contribution in [0.4, 0.5) is 0 Å². The van der Waals surface area contributed by atoms with E-state index >= 15 is 0 Å². The second kappa shape index (κ2) is 6.21. The molecule has 2 rings (SSSR count). The number of rotatable bonds is 4. The van der Waals surface area contributed by atoms with Gasteiger partial charge in [0.1, 0.15) is 5.75 Å². The van der Waals surface area contributed by atoms with E-state index in [0.29, 0.717) is 12.0 Å². The number of ether oxygens (including phenoxy) is 1. The van der Waals surface area contributed by atoms with Crippen LogP contribution in [0, 0.1) is 5.92 Å². The van der Waals surface area contributed by atoms with Gasteiger partial charge in [0.25, 0.3) is 0 Å². The highest BCUT2D eigenvalue weighted by Gasteiger charge is 2.19. The maximum atomic E-state index is 5.71. The summed E-state index contributed by atoms with van der Waals surface area (Å²) in [6, 6.07) is 9.02. The van der Waals surface area contributed by atoms with Crippen LogP contribution in [0.3, 0.4) is 0 Å². The molecule has 0 spiro atoms. The van der Waals surface area contributed by atoms with Crippen molar-refractivity contribution in [3.8, 4) is 5.75 Å². The lowest BCUT2D eigenvalue weighted by Gasteiger charge is -2.33. The van der Waals surface area contributed by atoms with Gasteiger partial charge < -0.3 is 10.1 Å². The predicted octanol–water partition coefficient (Wildman–Crippen LogP) is 2.30. The average molecular weight is 248 g/mol. The number of benzene rings is 1. The first kappa shape index (κ1) is 13.4. The molecule has 0 bridgehead atoms. The van der Waals surface area contributed by atoms with Crippen LogP contribution in [0.2, 0.25) is 0 Å². The summed E-state index contributed by atoms with van der Waals surface area (Å²) in [4.78, 5) is 2.40. The summed E-state index contributed by atoms with van der Waals surface area (Å²) in [5.41, 5.74) is 1.36. The van der Waals surface area contributed by atoms with Gasteiger partial charge in [-0.15, -0.1) is 0 Å². The van der Waals surface area contributed by atoms with Crippen molar-refractivity contribution < 1.29 is 4.74 Å². The Hall–Kier alpha value is -1.06. The molecule has 1 N–H and O–H groups in total. The Morgan fingerprint density at radius 2 is 2.06 bits per heavy atom. The predicted molar refractivity (Wildman–Crippen MR) is 75.0 cm³/mol. The molecule has 0 radical (unpaired) electrons. The van der Waals surface area contributed by atoms with Crippen LogP contribution in [0.25, 0.3) is 0 Å². The first-order valence-corrected chi connectivity index (χ1v) is 6.80. The largest absolute Gasteiger partial charge is 0.493 e. The lowest BCUT2D eigenvalue weighted by atomic mass is 10.0. The van der Waals surface area contributed by atoms with E-state index in [0.717, 1.165) is 32.0 Å². The molecule has 0 amide bonds. The van der Waals surface area contributed by atoms with Crippen LogP contribution in [-0.2, 0) is 0 Å². The maximum absolute atomic E-state index is 5.71. The first-order chi connectivity index (χ1) is 8.66. The third kappa shape index (κ3) is 3.47. The molecule has 1 heterocycles. The smallest absolute Gasteiger partial charge is 0.119 e. The topological polar surface area (TPSA) is 24.5 Å². The molecule has 1 atom stereocenters. The standard InChI is InChI=1S/C15H24N2O/c1-12(2)11-18-14-6-4-13(5-7-14)15-10-16-8-9-17(15)3/h4-7,12,15-16H,8-11H2,1-3H3. The van der Waals surface area contributed by atoms with Crippen molar-refractivity contribution in [2.24, 2.45) is 5.92 Å². The zero-order chi connectivity index (χ0) is 13.0. The lowest BCUT2D eigenvalue weighted by molar-refractivity contribution is 0.202. The Kier molecular flexibility index (Phi) is 4.61. The minimum atomic E-state index is 0.484. The second-order valence-electron chi connectivity index (χ2n) is 5.47. The van der Waals surface area contributed by atoms with Crippen LogP contribution in [-0.4, -0.2) is 38.2 Å². The van der Waals surface area contributed by atoms with Gasteiger partial charge in [-0.3, -0.25) is 4.90 Å². The lowest BCUT2D eigenvalue weighted by Crippen LogP contribution is -2.43. The molecule has 0 aromatic heterocycles. The number of likely N-dealkylation sites (N-methyl/N-ethyl adjacent to an activating group) is 1. The monoisotopic (exact) mass is 248 g/mol. The number of nitrogens with one attached hydrogen (secondary N) is 1. The number of hydrogen-bond donors (Lipinski definition) is 1. The molecule has 1 fully saturated rings. The van der Waals surface area contributed by atoms with Gasteiger partial charge in [0.05, 0.1) is 6.61 Å². The fourth-order valence-electron chi connectivity index (χ4n) is 2.23. The Labute approximate surface area is 110 Å². The van der Waals surface area contributed by atoms with E-state index in [9.17, 15) is 0 Å². The quantitative estimate of drug-likeness (QED) is 0.885. The highest BCUT2D eigenvalue weighted by Crippen LogP contribution is 2.23. The first-order valence-electron chi connectivity index (χ1n) is 6.80. The minimum absolute atomic E-state index is 0.484. The van der Waals surface area contributed by atoms with Crippen molar-refractivity contribution in [3.63, 3.8) is 0 Å². The Morgan fingerprint density at radius 1 is 1.33 bits per heavy atom. The molecule has 0 aliphatic carbocycles.